The molecule has 1 aromatic carbocycles. The number of ether oxygens (including phenoxy) is 2. The van der Waals surface area contributed by atoms with Gasteiger partial charge in [0.25, 0.3) is 0 Å². The number of hydrogen-bond donors (Lipinski definition) is 0. The molecule has 0 unspecified atom stereocenters. The van der Waals surface area contributed by atoms with Gasteiger partial charge in [-0.15, -0.1) is 0 Å². The smallest absolute Gasteiger partial charge is 0.184 e. The molecule has 0 atom stereocenters. The van der Waals surface area contributed by atoms with Crippen LogP contribution in [0, 0.1) is 13.8 Å². The summed E-state index contributed by atoms with van der Waals surface area (Å²) in [6, 6.07) is 6.22. The van der Waals surface area contributed by atoms with Crippen molar-refractivity contribution in [2.45, 2.75) is 20.1 Å². The number of hydrogen-bond acceptors (Lipinski definition) is 2. The molecule has 2 nitrogen and oxygen atoms in total. The van der Waals surface area contributed by atoms with Crippen LogP contribution in [0.5, 0.6) is 0 Å². The van der Waals surface area contributed by atoms with Gasteiger partial charge in [-0.25, -0.2) is 0 Å². The maximum absolute atomic E-state index is 5.45. The highest BCUT2D eigenvalue weighted by Gasteiger charge is 2.19. The third-order valence-corrected chi connectivity index (χ3v) is 2.52. The van der Waals surface area contributed by atoms with Crippen molar-refractivity contribution in [2.24, 2.45) is 0 Å². The summed E-state index contributed by atoms with van der Waals surface area (Å²) in [6.45, 7) is 5.62. The second-order valence-electron chi connectivity index (χ2n) is 3.36. The first-order valence-corrected chi connectivity index (χ1v) is 4.58. The van der Waals surface area contributed by atoms with Gasteiger partial charge >= 0.3 is 0 Å². The lowest BCUT2D eigenvalue weighted by Gasteiger charge is -2.13. The van der Waals surface area contributed by atoms with Gasteiger partial charge < -0.3 is 9.47 Å². The molecule has 70 valence electrons. The zero-order chi connectivity index (χ0) is 9.26. The van der Waals surface area contributed by atoms with Gasteiger partial charge in [-0.2, -0.15) is 0 Å². The normalized spacial score (nSPS) is 18.0. The molecule has 0 saturated carbocycles. The van der Waals surface area contributed by atoms with Crippen LogP contribution >= 0.6 is 0 Å². The number of benzene rings is 1. The molecule has 1 aliphatic rings. The van der Waals surface area contributed by atoms with E-state index in [2.05, 4.69) is 26.0 Å². The van der Waals surface area contributed by atoms with E-state index >= 15 is 0 Å². The molecule has 0 radical (unpaired) electrons. The molecule has 1 aromatic rings. The fourth-order valence-electron chi connectivity index (χ4n) is 1.57. The summed E-state index contributed by atoms with van der Waals surface area (Å²) in [5.41, 5.74) is 3.73. The van der Waals surface area contributed by atoms with Crippen LogP contribution in [0.4, 0.5) is 0 Å². The van der Waals surface area contributed by atoms with Crippen LogP contribution < -0.4 is 0 Å². The van der Waals surface area contributed by atoms with Crippen molar-refractivity contribution in [1.29, 1.82) is 0 Å². The molecular formula is C11H14O2. The zero-order valence-corrected chi connectivity index (χ0v) is 8.04. The van der Waals surface area contributed by atoms with Gasteiger partial charge in [0.15, 0.2) is 6.29 Å². The predicted octanol–water partition coefficient (Wildman–Crippen LogP) is 2.35. The molecule has 1 heterocycles. The first-order chi connectivity index (χ1) is 6.29. The average molecular weight is 178 g/mol. The quantitative estimate of drug-likeness (QED) is 0.657. The van der Waals surface area contributed by atoms with Crippen LogP contribution in [0.2, 0.25) is 0 Å². The summed E-state index contributed by atoms with van der Waals surface area (Å²) in [7, 11) is 0. The lowest BCUT2D eigenvalue weighted by atomic mass is 10.0. The van der Waals surface area contributed by atoms with Crippen LogP contribution in [0.25, 0.3) is 0 Å². The number of aryl methyl sites for hydroxylation is 1. The zero-order valence-electron chi connectivity index (χ0n) is 8.04. The monoisotopic (exact) mass is 178 g/mol. The fourth-order valence-corrected chi connectivity index (χ4v) is 1.57. The maximum atomic E-state index is 5.45. The molecule has 0 aromatic heterocycles. The Morgan fingerprint density at radius 2 is 1.85 bits per heavy atom. The molecule has 0 amide bonds. The van der Waals surface area contributed by atoms with E-state index in [-0.39, 0.29) is 6.29 Å². The van der Waals surface area contributed by atoms with Crippen molar-refractivity contribution in [1.82, 2.24) is 0 Å². The second kappa shape index (κ2) is 3.48. The van der Waals surface area contributed by atoms with Crippen molar-refractivity contribution in [3.05, 3.63) is 34.9 Å². The third kappa shape index (κ3) is 1.60. The molecule has 13 heavy (non-hydrogen) atoms. The Bertz CT molecular complexity index is 301. The van der Waals surface area contributed by atoms with Gasteiger partial charge in [0, 0.05) is 5.56 Å². The van der Waals surface area contributed by atoms with Crippen LogP contribution in [0.1, 0.15) is 23.0 Å². The van der Waals surface area contributed by atoms with Crippen molar-refractivity contribution >= 4 is 0 Å². The highest BCUT2D eigenvalue weighted by molar-refractivity contribution is 5.34. The van der Waals surface area contributed by atoms with Crippen LogP contribution in [0.3, 0.4) is 0 Å². The Morgan fingerprint density at radius 3 is 2.54 bits per heavy atom. The second-order valence-corrected chi connectivity index (χ2v) is 3.36. The topological polar surface area (TPSA) is 18.5 Å². The first-order valence-electron chi connectivity index (χ1n) is 4.58. The minimum atomic E-state index is -0.139. The van der Waals surface area contributed by atoms with E-state index < -0.39 is 0 Å². The fraction of sp³-hybridized carbons (Fsp3) is 0.455. The van der Waals surface area contributed by atoms with E-state index in [1.165, 1.54) is 11.1 Å². The van der Waals surface area contributed by atoms with Gasteiger partial charge in [-0.05, 0) is 25.0 Å². The minimum Gasteiger partial charge on any atom is -0.346 e. The SMILES string of the molecule is Cc1cccc(C2OCCO2)c1C. The summed E-state index contributed by atoms with van der Waals surface area (Å²) in [4.78, 5) is 0. The van der Waals surface area contributed by atoms with Gasteiger partial charge in [0.2, 0.25) is 0 Å². The van der Waals surface area contributed by atoms with Gasteiger partial charge in [-0.3, -0.25) is 0 Å². The highest BCUT2D eigenvalue weighted by atomic mass is 16.7. The average Bonchev–Trinajstić information content (AvgIpc) is 2.62. The highest BCUT2D eigenvalue weighted by Crippen LogP contribution is 2.27. The first kappa shape index (κ1) is 8.73. The molecule has 0 aliphatic carbocycles. The van der Waals surface area contributed by atoms with E-state index in [0.717, 1.165) is 5.56 Å². The van der Waals surface area contributed by atoms with E-state index in [1.54, 1.807) is 0 Å². The Hall–Kier alpha value is -0.860. The van der Waals surface area contributed by atoms with Gasteiger partial charge in [0.1, 0.15) is 0 Å². The molecule has 2 heteroatoms. The van der Waals surface area contributed by atoms with Gasteiger partial charge in [-0.1, -0.05) is 18.2 Å². The molecule has 1 saturated heterocycles. The number of rotatable bonds is 1. The largest absolute Gasteiger partial charge is 0.346 e. The molecule has 1 aliphatic heterocycles. The van der Waals surface area contributed by atoms with E-state index in [0.29, 0.717) is 13.2 Å². The predicted molar refractivity (Wildman–Crippen MR) is 50.6 cm³/mol. The van der Waals surface area contributed by atoms with E-state index in [1.807, 2.05) is 6.07 Å². The molecule has 0 bridgehead atoms. The molecule has 0 spiro atoms. The van der Waals surface area contributed by atoms with Crippen molar-refractivity contribution in [2.75, 3.05) is 13.2 Å². The lowest BCUT2D eigenvalue weighted by Crippen LogP contribution is -2.01. The Kier molecular flexibility index (Phi) is 2.34. The maximum Gasteiger partial charge on any atom is 0.184 e. The molecule has 0 N–H and O–H groups in total. The minimum absolute atomic E-state index is 0.139. The molecule has 1 fully saturated rings. The lowest BCUT2D eigenvalue weighted by molar-refractivity contribution is -0.0445. The van der Waals surface area contributed by atoms with Crippen molar-refractivity contribution < 1.29 is 9.47 Å². The summed E-state index contributed by atoms with van der Waals surface area (Å²) in [5, 5.41) is 0. The summed E-state index contributed by atoms with van der Waals surface area (Å²) >= 11 is 0. The van der Waals surface area contributed by atoms with E-state index in [9.17, 15) is 0 Å². The van der Waals surface area contributed by atoms with Crippen LogP contribution in [-0.4, -0.2) is 13.2 Å². The van der Waals surface area contributed by atoms with Gasteiger partial charge in [0.05, 0.1) is 13.2 Å². The molecular weight excluding hydrogens is 164 g/mol. The summed E-state index contributed by atoms with van der Waals surface area (Å²) in [5.74, 6) is 0. The van der Waals surface area contributed by atoms with Crippen LogP contribution in [0.15, 0.2) is 18.2 Å². The summed E-state index contributed by atoms with van der Waals surface area (Å²) in [6.07, 6.45) is -0.139. The van der Waals surface area contributed by atoms with Crippen molar-refractivity contribution in [3.63, 3.8) is 0 Å². The van der Waals surface area contributed by atoms with Crippen LogP contribution in [-0.2, 0) is 9.47 Å². The Labute approximate surface area is 78.5 Å². The van der Waals surface area contributed by atoms with E-state index in [4.69, 9.17) is 9.47 Å². The Balaban J connectivity index is 2.33. The summed E-state index contributed by atoms with van der Waals surface area (Å²) < 4.78 is 10.9. The Morgan fingerprint density at radius 1 is 1.15 bits per heavy atom. The third-order valence-electron chi connectivity index (χ3n) is 2.52. The standard InChI is InChI=1S/C11H14O2/c1-8-4-3-5-10(9(8)2)11-12-6-7-13-11/h3-5,11H,6-7H2,1-2H3. The van der Waals surface area contributed by atoms with Crippen molar-refractivity contribution in [3.8, 4) is 0 Å². The molecule has 2 rings (SSSR count).